The van der Waals surface area contributed by atoms with Crippen LogP contribution in [0.15, 0.2) is 60.7 Å². The molecule has 0 unspecified atom stereocenters. The van der Waals surface area contributed by atoms with E-state index in [2.05, 4.69) is 5.32 Å². The van der Waals surface area contributed by atoms with E-state index in [9.17, 15) is 15.0 Å². The molecule has 0 aliphatic carbocycles. The number of hydrogen-bond acceptors (Lipinski definition) is 6. The van der Waals surface area contributed by atoms with E-state index in [1.807, 2.05) is 60.7 Å². The molecule has 3 N–H and O–H groups in total. The number of aliphatic hydroxyl groups is 2. The number of ether oxygens (including phenoxy) is 3. The van der Waals surface area contributed by atoms with Crippen molar-refractivity contribution in [1.82, 2.24) is 5.32 Å². The van der Waals surface area contributed by atoms with Crippen LogP contribution in [-0.4, -0.2) is 53.4 Å². The zero-order chi connectivity index (χ0) is 20.6. The Morgan fingerprint density at radius 3 is 2.07 bits per heavy atom. The first-order valence-corrected chi connectivity index (χ1v) is 9.61. The molecule has 1 heterocycles. The number of aliphatic hydroxyl groups excluding tert-OH is 2. The Hall–Kier alpha value is -2.29. The summed E-state index contributed by atoms with van der Waals surface area (Å²) in [5.41, 5.74) is 1.86. The van der Waals surface area contributed by atoms with Crippen molar-refractivity contribution in [2.75, 3.05) is 6.61 Å². The van der Waals surface area contributed by atoms with Gasteiger partial charge in [0.2, 0.25) is 5.91 Å². The van der Waals surface area contributed by atoms with Crippen LogP contribution in [0.5, 0.6) is 0 Å². The van der Waals surface area contributed by atoms with Gasteiger partial charge in [0.05, 0.1) is 19.8 Å². The van der Waals surface area contributed by atoms with Gasteiger partial charge in [0.25, 0.3) is 0 Å². The SMILES string of the molecule is CC(=O)N[C@@H]1[C@@H](OCc2ccccc2)O[C@H](CO)[C@@H](O)[C@@H]1OCc1ccccc1. The van der Waals surface area contributed by atoms with Crippen molar-refractivity contribution in [2.24, 2.45) is 0 Å². The van der Waals surface area contributed by atoms with E-state index >= 15 is 0 Å². The average molecular weight is 401 g/mol. The van der Waals surface area contributed by atoms with Crippen LogP contribution in [-0.2, 0) is 32.2 Å². The minimum atomic E-state index is -1.13. The second-order valence-electron chi connectivity index (χ2n) is 7.00. The zero-order valence-corrected chi connectivity index (χ0v) is 16.3. The molecule has 5 atom stereocenters. The van der Waals surface area contributed by atoms with Crippen LogP contribution in [0.3, 0.4) is 0 Å². The van der Waals surface area contributed by atoms with Crippen molar-refractivity contribution in [2.45, 2.75) is 50.8 Å². The maximum atomic E-state index is 11.8. The lowest BCUT2D eigenvalue weighted by Gasteiger charge is -2.44. The summed E-state index contributed by atoms with van der Waals surface area (Å²) in [6, 6.07) is 18.3. The van der Waals surface area contributed by atoms with Gasteiger partial charge in [-0.1, -0.05) is 60.7 Å². The van der Waals surface area contributed by atoms with Crippen LogP contribution < -0.4 is 5.32 Å². The maximum Gasteiger partial charge on any atom is 0.217 e. The monoisotopic (exact) mass is 401 g/mol. The van der Waals surface area contributed by atoms with Gasteiger partial charge in [-0.25, -0.2) is 0 Å². The summed E-state index contributed by atoms with van der Waals surface area (Å²) in [5, 5.41) is 23.1. The number of hydrogen-bond donors (Lipinski definition) is 3. The van der Waals surface area contributed by atoms with E-state index in [1.165, 1.54) is 6.92 Å². The molecule has 0 spiro atoms. The highest BCUT2D eigenvalue weighted by Gasteiger charge is 2.46. The van der Waals surface area contributed by atoms with Crippen molar-refractivity contribution in [3.8, 4) is 0 Å². The van der Waals surface area contributed by atoms with E-state index < -0.39 is 37.3 Å². The molecular weight excluding hydrogens is 374 g/mol. The van der Waals surface area contributed by atoms with E-state index in [0.29, 0.717) is 0 Å². The Morgan fingerprint density at radius 2 is 1.55 bits per heavy atom. The number of rotatable bonds is 8. The molecule has 7 nitrogen and oxygen atoms in total. The number of carbonyl (C=O) groups is 1. The standard InChI is InChI=1S/C22H27NO6/c1-15(25)23-19-21(27-13-16-8-4-2-5-9-16)20(26)18(12-24)29-22(19)28-14-17-10-6-3-7-11-17/h2-11,18-22,24,26H,12-14H2,1H3,(H,23,25)/t18-,19+,20-,21-,22+/m1/s1. The third-order valence-corrected chi connectivity index (χ3v) is 4.77. The summed E-state index contributed by atoms with van der Waals surface area (Å²) >= 11 is 0. The first-order valence-electron chi connectivity index (χ1n) is 9.61. The number of amides is 1. The van der Waals surface area contributed by atoms with Gasteiger partial charge in [-0.3, -0.25) is 4.79 Å². The molecule has 7 heteroatoms. The van der Waals surface area contributed by atoms with Gasteiger partial charge in [-0.05, 0) is 11.1 Å². The molecule has 1 fully saturated rings. The summed E-state index contributed by atoms with van der Waals surface area (Å²) in [6.07, 6.45) is -3.72. The van der Waals surface area contributed by atoms with Crippen LogP contribution >= 0.6 is 0 Å². The fourth-order valence-electron chi connectivity index (χ4n) is 3.32. The first-order chi connectivity index (χ1) is 14.1. The normalized spacial score (nSPS) is 26.8. The van der Waals surface area contributed by atoms with E-state index in [1.54, 1.807) is 0 Å². The lowest BCUT2D eigenvalue weighted by atomic mass is 9.96. The van der Waals surface area contributed by atoms with Gasteiger partial charge in [-0.2, -0.15) is 0 Å². The number of nitrogens with one attached hydrogen (secondary N) is 1. The molecule has 0 aromatic heterocycles. The summed E-state index contributed by atoms with van der Waals surface area (Å²) in [7, 11) is 0. The zero-order valence-electron chi connectivity index (χ0n) is 16.3. The molecule has 1 aliphatic rings. The van der Waals surface area contributed by atoms with Gasteiger partial charge in [-0.15, -0.1) is 0 Å². The lowest BCUT2D eigenvalue weighted by Crippen LogP contribution is -2.65. The van der Waals surface area contributed by atoms with Crippen molar-refractivity contribution < 1.29 is 29.2 Å². The number of carbonyl (C=O) groups excluding carboxylic acids is 1. The molecule has 29 heavy (non-hydrogen) atoms. The molecule has 1 amide bonds. The molecule has 156 valence electrons. The predicted octanol–water partition coefficient (Wildman–Crippen LogP) is 1.37. The lowest BCUT2D eigenvalue weighted by molar-refractivity contribution is -0.281. The van der Waals surface area contributed by atoms with Crippen molar-refractivity contribution in [3.63, 3.8) is 0 Å². The molecule has 2 aromatic carbocycles. The predicted molar refractivity (Wildman–Crippen MR) is 106 cm³/mol. The molecule has 1 aliphatic heterocycles. The van der Waals surface area contributed by atoms with Crippen molar-refractivity contribution >= 4 is 5.91 Å². The Kier molecular flexibility index (Phi) is 7.74. The van der Waals surface area contributed by atoms with Gasteiger partial charge < -0.3 is 29.7 Å². The van der Waals surface area contributed by atoms with Crippen molar-refractivity contribution in [3.05, 3.63) is 71.8 Å². The number of benzene rings is 2. The Balaban J connectivity index is 1.76. The molecule has 0 saturated carbocycles. The Morgan fingerprint density at radius 1 is 1.00 bits per heavy atom. The second kappa shape index (κ2) is 10.5. The van der Waals surface area contributed by atoms with E-state index in [0.717, 1.165) is 11.1 Å². The summed E-state index contributed by atoms with van der Waals surface area (Å²) in [6.45, 7) is 1.47. The van der Waals surface area contributed by atoms with Gasteiger partial charge >= 0.3 is 0 Å². The third kappa shape index (κ3) is 5.85. The van der Waals surface area contributed by atoms with E-state index in [4.69, 9.17) is 14.2 Å². The molecule has 3 rings (SSSR count). The minimum Gasteiger partial charge on any atom is -0.394 e. The average Bonchev–Trinajstić information content (AvgIpc) is 2.74. The van der Waals surface area contributed by atoms with Crippen LogP contribution in [0.2, 0.25) is 0 Å². The highest BCUT2D eigenvalue weighted by atomic mass is 16.7. The molecule has 0 radical (unpaired) electrons. The maximum absolute atomic E-state index is 11.8. The Labute approximate surface area is 170 Å². The van der Waals surface area contributed by atoms with Gasteiger partial charge in [0, 0.05) is 6.92 Å². The quantitative estimate of drug-likeness (QED) is 0.618. The minimum absolute atomic E-state index is 0.238. The van der Waals surface area contributed by atoms with Crippen LogP contribution in [0.4, 0.5) is 0 Å². The molecular formula is C22H27NO6. The van der Waals surface area contributed by atoms with Gasteiger partial charge in [0.1, 0.15) is 24.4 Å². The topological polar surface area (TPSA) is 97.3 Å². The largest absolute Gasteiger partial charge is 0.394 e. The molecule has 2 aromatic rings. The summed E-state index contributed by atoms with van der Waals surface area (Å²) < 4.78 is 17.6. The fourth-order valence-corrected chi connectivity index (χ4v) is 3.32. The summed E-state index contributed by atoms with van der Waals surface area (Å²) in [5.74, 6) is -0.296. The fraction of sp³-hybridized carbons (Fsp3) is 0.409. The summed E-state index contributed by atoms with van der Waals surface area (Å²) in [4.78, 5) is 11.8. The third-order valence-electron chi connectivity index (χ3n) is 4.77. The second-order valence-corrected chi connectivity index (χ2v) is 7.00. The first kappa shape index (κ1) is 21.4. The molecule has 0 bridgehead atoms. The highest BCUT2D eigenvalue weighted by molar-refractivity contribution is 5.73. The smallest absolute Gasteiger partial charge is 0.217 e. The van der Waals surface area contributed by atoms with Crippen LogP contribution in [0.1, 0.15) is 18.1 Å². The van der Waals surface area contributed by atoms with E-state index in [-0.39, 0.29) is 19.1 Å². The highest BCUT2D eigenvalue weighted by Crippen LogP contribution is 2.26. The van der Waals surface area contributed by atoms with Crippen LogP contribution in [0.25, 0.3) is 0 Å². The van der Waals surface area contributed by atoms with Crippen LogP contribution in [0, 0.1) is 0 Å². The molecule has 1 saturated heterocycles. The van der Waals surface area contributed by atoms with Gasteiger partial charge in [0.15, 0.2) is 6.29 Å². The Bertz CT molecular complexity index is 756. The van der Waals surface area contributed by atoms with Crippen molar-refractivity contribution in [1.29, 1.82) is 0 Å².